The van der Waals surface area contributed by atoms with E-state index in [4.69, 9.17) is 0 Å². The van der Waals surface area contributed by atoms with Crippen molar-refractivity contribution in [3.63, 3.8) is 0 Å². The average Bonchev–Trinajstić information content (AvgIpc) is 2.57. The van der Waals surface area contributed by atoms with Gasteiger partial charge in [0.05, 0.1) is 0 Å². The molecule has 0 radical (unpaired) electrons. The minimum absolute atomic E-state index is 0.0862. The minimum atomic E-state index is -0.0862. The highest BCUT2D eigenvalue weighted by atomic mass is 19.1. The summed E-state index contributed by atoms with van der Waals surface area (Å²) in [7, 11) is 0. The number of halogens is 1. The molecule has 1 atom stereocenters. The van der Waals surface area contributed by atoms with E-state index in [0.717, 1.165) is 24.9 Å². The van der Waals surface area contributed by atoms with Gasteiger partial charge in [0.15, 0.2) is 0 Å². The fourth-order valence-corrected chi connectivity index (χ4v) is 1.71. The predicted octanol–water partition coefficient (Wildman–Crippen LogP) is 2.25. The monoisotopic (exact) mass is 165 g/mol. The molecule has 0 amide bonds. The first-order valence-corrected chi connectivity index (χ1v) is 4.36. The third-order valence-corrected chi connectivity index (χ3v) is 2.34. The minimum Gasteiger partial charge on any atom is -0.310 e. The molecule has 0 bridgehead atoms. The first-order chi connectivity index (χ1) is 5.88. The number of rotatable bonds is 1. The van der Waals surface area contributed by atoms with Crippen molar-refractivity contribution >= 4 is 0 Å². The lowest BCUT2D eigenvalue weighted by Crippen LogP contribution is -2.13. The molecule has 1 saturated heterocycles. The van der Waals surface area contributed by atoms with Crippen LogP contribution >= 0.6 is 0 Å². The summed E-state index contributed by atoms with van der Waals surface area (Å²) in [5.41, 5.74) is 0.815. The van der Waals surface area contributed by atoms with E-state index in [1.807, 2.05) is 12.1 Å². The second kappa shape index (κ2) is 3.23. The fraction of sp³-hybridized carbons (Fsp3) is 0.400. The number of hydrogen-bond acceptors (Lipinski definition) is 1. The summed E-state index contributed by atoms with van der Waals surface area (Å²) in [6.45, 7) is 1.01. The van der Waals surface area contributed by atoms with Crippen molar-refractivity contribution in [2.24, 2.45) is 0 Å². The van der Waals surface area contributed by atoms with Gasteiger partial charge in [-0.25, -0.2) is 4.39 Å². The first kappa shape index (κ1) is 7.74. The van der Waals surface area contributed by atoms with Crippen LogP contribution in [0.2, 0.25) is 0 Å². The van der Waals surface area contributed by atoms with Crippen LogP contribution < -0.4 is 5.32 Å². The summed E-state index contributed by atoms with van der Waals surface area (Å²) in [4.78, 5) is 0. The van der Waals surface area contributed by atoms with Crippen LogP contribution in [-0.4, -0.2) is 6.54 Å². The third-order valence-electron chi connectivity index (χ3n) is 2.34. The normalized spacial score (nSPS) is 22.9. The van der Waals surface area contributed by atoms with Crippen molar-refractivity contribution in [3.05, 3.63) is 35.6 Å². The molecular formula is C10H12FN. The number of nitrogens with one attached hydrogen (secondary N) is 1. The van der Waals surface area contributed by atoms with E-state index in [2.05, 4.69) is 5.32 Å². The van der Waals surface area contributed by atoms with Crippen LogP contribution in [0.15, 0.2) is 24.3 Å². The van der Waals surface area contributed by atoms with E-state index in [1.54, 1.807) is 6.07 Å². The molecule has 0 aliphatic carbocycles. The Kier molecular flexibility index (Phi) is 2.09. The van der Waals surface area contributed by atoms with Gasteiger partial charge in [0.1, 0.15) is 5.82 Å². The SMILES string of the molecule is Fc1ccccc1C1CCCN1. The van der Waals surface area contributed by atoms with Crippen molar-refractivity contribution in [2.45, 2.75) is 18.9 Å². The Morgan fingerprint density at radius 3 is 2.83 bits per heavy atom. The fourth-order valence-electron chi connectivity index (χ4n) is 1.71. The van der Waals surface area contributed by atoms with Gasteiger partial charge in [0, 0.05) is 11.6 Å². The Balaban J connectivity index is 2.26. The Labute approximate surface area is 71.6 Å². The highest BCUT2D eigenvalue weighted by Gasteiger charge is 2.18. The molecular weight excluding hydrogens is 153 g/mol. The molecule has 1 aliphatic heterocycles. The summed E-state index contributed by atoms with van der Waals surface area (Å²) < 4.78 is 13.2. The smallest absolute Gasteiger partial charge is 0.127 e. The molecule has 1 nitrogen and oxygen atoms in total. The van der Waals surface area contributed by atoms with Crippen LogP contribution in [0.5, 0.6) is 0 Å². The summed E-state index contributed by atoms with van der Waals surface area (Å²) in [6, 6.07) is 7.24. The van der Waals surface area contributed by atoms with Crippen molar-refractivity contribution in [1.82, 2.24) is 5.32 Å². The molecule has 1 aliphatic rings. The van der Waals surface area contributed by atoms with Crippen molar-refractivity contribution < 1.29 is 4.39 Å². The maximum atomic E-state index is 13.2. The van der Waals surface area contributed by atoms with Crippen molar-refractivity contribution in [3.8, 4) is 0 Å². The maximum absolute atomic E-state index is 13.2. The zero-order valence-electron chi connectivity index (χ0n) is 6.89. The molecule has 0 saturated carbocycles. The predicted molar refractivity (Wildman–Crippen MR) is 46.4 cm³/mol. The number of hydrogen-bond donors (Lipinski definition) is 1. The zero-order valence-corrected chi connectivity index (χ0v) is 6.89. The summed E-state index contributed by atoms with van der Waals surface area (Å²) in [5, 5.41) is 3.27. The van der Waals surface area contributed by atoms with Gasteiger partial charge in [-0.15, -0.1) is 0 Å². The van der Waals surface area contributed by atoms with E-state index < -0.39 is 0 Å². The molecule has 2 rings (SSSR count). The lowest BCUT2D eigenvalue weighted by molar-refractivity contribution is 0.559. The van der Waals surface area contributed by atoms with Gasteiger partial charge in [-0.2, -0.15) is 0 Å². The van der Waals surface area contributed by atoms with Crippen LogP contribution in [0.1, 0.15) is 24.4 Å². The Morgan fingerprint density at radius 1 is 1.33 bits per heavy atom. The lowest BCUT2D eigenvalue weighted by atomic mass is 10.1. The molecule has 0 aromatic heterocycles. The molecule has 2 heteroatoms. The molecule has 0 spiro atoms. The second-order valence-corrected chi connectivity index (χ2v) is 3.17. The highest BCUT2D eigenvalue weighted by Crippen LogP contribution is 2.24. The topological polar surface area (TPSA) is 12.0 Å². The molecule has 1 aromatic carbocycles. The van der Waals surface area contributed by atoms with Gasteiger partial charge in [-0.05, 0) is 25.5 Å². The molecule has 1 N–H and O–H groups in total. The third kappa shape index (κ3) is 1.34. The van der Waals surface area contributed by atoms with Crippen LogP contribution in [-0.2, 0) is 0 Å². The van der Waals surface area contributed by atoms with Crippen LogP contribution in [0.25, 0.3) is 0 Å². The summed E-state index contributed by atoms with van der Waals surface area (Å²) in [6.07, 6.45) is 2.21. The Morgan fingerprint density at radius 2 is 2.17 bits per heavy atom. The van der Waals surface area contributed by atoms with Gasteiger partial charge in [-0.1, -0.05) is 18.2 Å². The van der Waals surface area contributed by atoms with E-state index in [0.29, 0.717) is 0 Å². The zero-order chi connectivity index (χ0) is 8.39. The molecule has 1 fully saturated rings. The van der Waals surface area contributed by atoms with E-state index in [1.165, 1.54) is 6.07 Å². The molecule has 1 heterocycles. The quantitative estimate of drug-likeness (QED) is 0.673. The Bertz CT molecular complexity index is 266. The highest BCUT2D eigenvalue weighted by molar-refractivity contribution is 5.21. The summed E-state index contributed by atoms with van der Waals surface area (Å²) in [5.74, 6) is -0.0862. The first-order valence-electron chi connectivity index (χ1n) is 4.36. The lowest BCUT2D eigenvalue weighted by Gasteiger charge is -2.10. The van der Waals surface area contributed by atoms with Gasteiger partial charge in [0.2, 0.25) is 0 Å². The van der Waals surface area contributed by atoms with E-state index in [-0.39, 0.29) is 11.9 Å². The van der Waals surface area contributed by atoms with Gasteiger partial charge in [-0.3, -0.25) is 0 Å². The van der Waals surface area contributed by atoms with Crippen molar-refractivity contribution in [2.75, 3.05) is 6.54 Å². The average molecular weight is 165 g/mol. The second-order valence-electron chi connectivity index (χ2n) is 3.17. The van der Waals surface area contributed by atoms with Crippen LogP contribution in [0.3, 0.4) is 0 Å². The Hall–Kier alpha value is -0.890. The largest absolute Gasteiger partial charge is 0.310 e. The van der Waals surface area contributed by atoms with Crippen LogP contribution in [0, 0.1) is 5.82 Å². The van der Waals surface area contributed by atoms with Crippen molar-refractivity contribution in [1.29, 1.82) is 0 Å². The molecule has 12 heavy (non-hydrogen) atoms. The maximum Gasteiger partial charge on any atom is 0.127 e. The number of benzene rings is 1. The van der Waals surface area contributed by atoms with E-state index in [9.17, 15) is 4.39 Å². The van der Waals surface area contributed by atoms with Gasteiger partial charge >= 0.3 is 0 Å². The van der Waals surface area contributed by atoms with Gasteiger partial charge in [0.25, 0.3) is 0 Å². The summed E-state index contributed by atoms with van der Waals surface area (Å²) >= 11 is 0. The van der Waals surface area contributed by atoms with E-state index >= 15 is 0 Å². The van der Waals surface area contributed by atoms with Gasteiger partial charge < -0.3 is 5.32 Å². The molecule has 1 aromatic rings. The molecule has 1 unspecified atom stereocenters. The van der Waals surface area contributed by atoms with Crippen LogP contribution in [0.4, 0.5) is 4.39 Å². The molecule has 64 valence electrons. The standard InChI is InChI=1S/C10H12FN/c11-9-5-2-1-4-8(9)10-6-3-7-12-10/h1-2,4-5,10,12H,3,6-7H2.